The van der Waals surface area contributed by atoms with Crippen LogP contribution in [-0.2, 0) is 4.74 Å². The summed E-state index contributed by atoms with van der Waals surface area (Å²) in [4.78, 5) is 26.6. The Morgan fingerprint density at radius 3 is 2.95 bits per heavy atom. The standard InChI is InChI=1S/C12H13N3O5S/c16-5-8-7(17)3-10(20-8)15-4-6(9-1-2-13-21-9)11(18)14-12(15)19/h1-2,4,7-8,10,16-17H,3,5H2,(H,14,18,19)/t7-,8+,10+/m0/s1. The smallest absolute Gasteiger partial charge is 0.330 e. The first-order chi connectivity index (χ1) is 10.1. The Labute approximate surface area is 122 Å². The van der Waals surface area contributed by atoms with Crippen molar-refractivity contribution >= 4 is 11.5 Å². The molecule has 3 atom stereocenters. The Bertz CT molecular complexity index is 738. The third-order valence-electron chi connectivity index (χ3n) is 3.37. The number of aromatic amines is 1. The van der Waals surface area contributed by atoms with Crippen LogP contribution >= 0.6 is 11.5 Å². The highest BCUT2D eigenvalue weighted by atomic mass is 32.1. The lowest BCUT2D eigenvalue weighted by molar-refractivity contribution is -0.0458. The zero-order valence-electron chi connectivity index (χ0n) is 10.8. The second kappa shape index (κ2) is 5.53. The van der Waals surface area contributed by atoms with Crippen molar-refractivity contribution in [3.8, 4) is 10.4 Å². The molecule has 3 heterocycles. The minimum atomic E-state index is -0.856. The van der Waals surface area contributed by atoms with E-state index in [1.165, 1.54) is 10.8 Å². The van der Waals surface area contributed by atoms with Gasteiger partial charge in [0.05, 0.1) is 23.2 Å². The van der Waals surface area contributed by atoms with E-state index < -0.39 is 29.7 Å². The van der Waals surface area contributed by atoms with Crippen molar-refractivity contribution in [2.24, 2.45) is 0 Å². The van der Waals surface area contributed by atoms with E-state index in [4.69, 9.17) is 9.84 Å². The Morgan fingerprint density at radius 2 is 2.33 bits per heavy atom. The number of ether oxygens (including phenoxy) is 1. The lowest BCUT2D eigenvalue weighted by Crippen LogP contribution is -2.33. The molecule has 0 unspecified atom stereocenters. The van der Waals surface area contributed by atoms with Crippen LogP contribution in [0.5, 0.6) is 0 Å². The zero-order chi connectivity index (χ0) is 15.0. The molecule has 1 fully saturated rings. The van der Waals surface area contributed by atoms with Gasteiger partial charge in [-0.3, -0.25) is 14.3 Å². The number of aliphatic hydroxyl groups excluding tert-OH is 2. The molecule has 8 nitrogen and oxygen atoms in total. The Kier molecular flexibility index (Phi) is 3.72. The van der Waals surface area contributed by atoms with Crippen LogP contribution in [0, 0.1) is 0 Å². The molecule has 112 valence electrons. The topological polar surface area (TPSA) is 117 Å². The molecule has 3 N–H and O–H groups in total. The van der Waals surface area contributed by atoms with Crippen molar-refractivity contribution in [3.63, 3.8) is 0 Å². The van der Waals surface area contributed by atoms with Gasteiger partial charge in [-0.25, -0.2) is 9.17 Å². The van der Waals surface area contributed by atoms with Crippen LogP contribution in [0.15, 0.2) is 28.0 Å². The molecule has 1 aliphatic rings. The van der Waals surface area contributed by atoms with E-state index >= 15 is 0 Å². The highest BCUT2D eigenvalue weighted by Gasteiger charge is 2.35. The molecule has 0 bridgehead atoms. The first-order valence-electron chi connectivity index (χ1n) is 6.31. The van der Waals surface area contributed by atoms with Crippen LogP contribution in [0.4, 0.5) is 0 Å². The van der Waals surface area contributed by atoms with Crippen molar-refractivity contribution in [1.82, 2.24) is 13.9 Å². The van der Waals surface area contributed by atoms with E-state index in [1.807, 2.05) is 0 Å². The van der Waals surface area contributed by atoms with Gasteiger partial charge in [-0.05, 0) is 17.6 Å². The molecule has 0 aromatic carbocycles. The van der Waals surface area contributed by atoms with Crippen molar-refractivity contribution in [3.05, 3.63) is 39.3 Å². The maximum Gasteiger partial charge on any atom is 0.330 e. The zero-order valence-corrected chi connectivity index (χ0v) is 11.6. The van der Waals surface area contributed by atoms with Crippen LogP contribution in [0.1, 0.15) is 12.6 Å². The van der Waals surface area contributed by atoms with Crippen LogP contribution < -0.4 is 11.2 Å². The van der Waals surface area contributed by atoms with Crippen molar-refractivity contribution in [2.75, 3.05) is 6.61 Å². The molecular formula is C12H13N3O5S. The number of rotatable bonds is 3. The van der Waals surface area contributed by atoms with E-state index in [1.54, 1.807) is 12.3 Å². The normalized spacial score (nSPS) is 25.3. The summed E-state index contributed by atoms with van der Waals surface area (Å²) in [5, 5.41) is 18.8. The lowest BCUT2D eigenvalue weighted by Gasteiger charge is -2.14. The fraction of sp³-hybridized carbons (Fsp3) is 0.417. The number of hydrogen-bond donors (Lipinski definition) is 3. The first kappa shape index (κ1) is 14.1. The fourth-order valence-corrected chi connectivity index (χ4v) is 2.88. The average Bonchev–Trinajstić information content (AvgIpc) is 3.08. The molecule has 2 aromatic heterocycles. The van der Waals surface area contributed by atoms with Gasteiger partial charge < -0.3 is 14.9 Å². The Balaban J connectivity index is 2.02. The van der Waals surface area contributed by atoms with Gasteiger partial charge in [-0.15, -0.1) is 0 Å². The largest absolute Gasteiger partial charge is 0.394 e. The number of nitrogens with one attached hydrogen (secondary N) is 1. The van der Waals surface area contributed by atoms with Gasteiger partial charge in [0.25, 0.3) is 5.56 Å². The number of aliphatic hydroxyl groups is 2. The molecule has 2 aromatic rings. The maximum absolute atomic E-state index is 11.9. The van der Waals surface area contributed by atoms with E-state index in [9.17, 15) is 14.7 Å². The molecule has 9 heteroatoms. The van der Waals surface area contributed by atoms with Crippen LogP contribution in [0.2, 0.25) is 0 Å². The molecule has 3 rings (SSSR count). The lowest BCUT2D eigenvalue weighted by atomic mass is 10.2. The summed E-state index contributed by atoms with van der Waals surface area (Å²) in [6.07, 6.45) is 0.803. The number of hydrogen-bond acceptors (Lipinski definition) is 7. The van der Waals surface area contributed by atoms with Crippen LogP contribution in [-0.4, -0.2) is 43.0 Å². The van der Waals surface area contributed by atoms with Gasteiger partial charge in [0.2, 0.25) is 0 Å². The van der Waals surface area contributed by atoms with E-state index in [0.717, 1.165) is 11.5 Å². The summed E-state index contributed by atoms with van der Waals surface area (Å²) >= 11 is 1.14. The highest BCUT2D eigenvalue weighted by molar-refractivity contribution is 7.09. The quantitative estimate of drug-likeness (QED) is 0.690. The van der Waals surface area contributed by atoms with E-state index in [2.05, 4.69) is 9.36 Å². The van der Waals surface area contributed by atoms with Crippen molar-refractivity contribution in [2.45, 2.75) is 24.9 Å². The van der Waals surface area contributed by atoms with Gasteiger partial charge in [0, 0.05) is 18.8 Å². The van der Waals surface area contributed by atoms with E-state index in [-0.39, 0.29) is 13.0 Å². The minimum absolute atomic E-state index is 0.166. The Morgan fingerprint density at radius 1 is 1.52 bits per heavy atom. The summed E-state index contributed by atoms with van der Waals surface area (Å²) in [7, 11) is 0. The Hall–Kier alpha value is -1.81. The number of H-pyrrole nitrogens is 1. The molecule has 1 saturated heterocycles. The second-order valence-electron chi connectivity index (χ2n) is 4.70. The van der Waals surface area contributed by atoms with Gasteiger partial charge in [-0.2, -0.15) is 0 Å². The van der Waals surface area contributed by atoms with Crippen molar-refractivity contribution < 1.29 is 14.9 Å². The van der Waals surface area contributed by atoms with Gasteiger partial charge in [0.15, 0.2) is 0 Å². The third kappa shape index (κ3) is 2.56. The SMILES string of the molecule is O=c1[nH]c(=O)n([C@H]2C[C@H](O)[C@@H](CO)O2)cc1-c1ccns1. The predicted molar refractivity (Wildman–Crippen MR) is 74.1 cm³/mol. The summed E-state index contributed by atoms with van der Waals surface area (Å²) in [6, 6.07) is 1.67. The van der Waals surface area contributed by atoms with E-state index in [0.29, 0.717) is 10.4 Å². The van der Waals surface area contributed by atoms with Gasteiger partial charge in [0.1, 0.15) is 12.3 Å². The summed E-state index contributed by atoms with van der Waals surface area (Å²) in [6.45, 7) is -0.336. The van der Waals surface area contributed by atoms with Gasteiger partial charge >= 0.3 is 5.69 Å². The summed E-state index contributed by atoms with van der Waals surface area (Å²) < 4.78 is 10.6. The molecule has 0 spiro atoms. The first-order valence-corrected chi connectivity index (χ1v) is 7.08. The monoisotopic (exact) mass is 311 g/mol. The van der Waals surface area contributed by atoms with Crippen molar-refractivity contribution in [1.29, 1.82) is 0 Å². The summed E-state index contributed by atoms with van der Waals surface area (Å²) in [5.41, 5.74) is -0.815. The molecule has 1 aliphatic heterocycles. The molecular weight excluding hydrogens is 298 g/mol. The predicted octanol–water partition coefficient (Wildman–Crippen LogP) is -0.699. The number of aromatic nitrogens is 3. The third-order valence-corrected chi connectivity index (χ3v) is 4.15. The molecule has 0 saturated carbocycles. The fourth-order valence-electron chi connectivity index (χ4n) is 2.28. The minimum Gasteiger partial charge on any atom is -0.394 e. The van der Waals surface area contributed by atoms with Crippen LogP contribution in [0.25, 0.3) is 10.4 Å². The highest BCUT2D eigenvalue weighted by Crippen LogP contribution is 2.28. The molecule has 21 heavy (non-hydrogen) atoms. The number of nitrogens with zero attached hydrogens (tertiary/aromatic N) is 2. The second-order valence-corrected chi connectivity index (χ2v) is 5.53. The molecule has 0 amide bonds. The van der Waals surface area contributed by atoms with Crippen LogP contribution in [0.3, 0.4) is 0 Å². The average molecular weight is 311 g/mol. The van der Waals surface area contributed by atoms with Gasteiger partial charge in [-0.1, -0.05) is 0 Å². The maximum atomic E-state index is 11.9. The summed E-state index contributed by atoms with van der Waals surface area (Å²) in [5.74, 6) is 0. The molecule has 0 aliphatic carbocycles. The molecule has 0 radical (unpaired) electrons.